The summed E-state index contributed by atoms with van der Waals surface area (Å²) in [6.07, 6.45) is 4.57. The minimum atomic E-state index is -2.58. The minimum absolute atomic E-state index is 0.0590. The van der Waals surface area contributed by atoms with Crippen molar-refractivity contribution in [1.82, 2.24) is 0 Å². The third kappa shape index (κ3) is 14.5. The Morgan fingerprint density at radius 1 is 0.857 bits per heavy atom. The van der Waals surface area contributed by atoms with E-state index < -0.39 is 6.00 Å². The molecule has 0 amide bonds. The molecule has 3 atom stereocenters. The second-order valence-corrected chi connectivity index (χ2v) is 17.3. The molecule has 3 aromatic rings. The van der Waals surface area contributed by atoms with Gasteiger partial charge in [-0.25, -0.2) is 0 Å². The molecule has 190 valence electrons. The van der Waals surface area contributed by atoms with Crippen LogP contribution in [0.1, 0.15) is 61.9 Å². The maximum absolute atomic E-state index is 9.02. The lowest BCUT2D eigenvalue weighted by Gasteiger charge is -2.17. The van der Waals surface area contributed by atoms with Crippen LogP contribution in [0.4, 0.5) is 0 Å². The number of halogens is 3. The summed E-state index contributed by atoms with van der Waals surface area (Å²) in [6, 6.07) is 26.9. The summed E-state index contributed by atoms with van der Waals surface area (Å²) >= 11 is 17.7. The standard InChI is InChI=1S/C8H9Cl3Si.C8H10O.C8H8.C5H10O/c1-7(12(9,10)11)8-5-3-2-4-6-8;1-7(9)8-5-3-2-4-6-8;1-2-8-6-4-3-5-7-8;1-5-3-2-4-6-5/h2-7H,1H3;2-7,9H,1H3;2-7H,1H2;5H,2-4H2,1H3/t;7-;;/m.0../s1. The van der Waals surface area contributed by atoms with Gasteiger partial charge in [0.1, 0.15) is 0 Å². The van der Waals surface area contributed by atoms with E-state index in [1.54, 1.807) is 6.92 Å². The van der Waals surface area contributed by atoms with Crippen LogP contribution in [0.3, 0.4) is 0 Å². The van der Waals surface area contributed by atoms with Gasteiger partial charge in [-0.15, -0.1) is 33.2 Å². The van der Waals surface area contributed by atoms with Gasteiger partial charge in [0.2, 0.25) is 0 Å². The molecule has 3 aromatic carbocycles. The summed E-state index contributed by atoms with van der Waals surface area (Å²) in [4.78, 5) is 0. The maximum Gasteiger partial charge on any atom is 0.348 e. The Kier molecular flexibility index (Phi) is 16.0. The Morgan fingerprint density at radius 3 is 1.57 bits per heavy atom. The average Bonchev–Trinajstić information content (AvgIpc) is 3.36. The highest BCUT2D eigenvalue weighted by atomic mass is 35.8. The second-order valence-electron chi connectivity index (χ2n) is 8.20. The van der Waals surface area contributed by atoms with Crippen molar-refractivity contribution >= 4 is 45.3 Å². The van der Waals surface area contributed by atoms with E-state index in [0.717, 1.165) is 17.7 Å². The average molecular weight is 552 g/mol. The summed E-state index contributed by atoms with van der Waals surface area (Å²) in [5.74, 6) is 0. The topological polar surface area (TPSA) is 29.5 Å². The molecule has 35 heavy (non-hydrogen) atoms. The number of hydrogen-bond acceptors (Lipinski definition) is 2. The van der Waals surface area contributed by atoms with Crippen molar-refractivity contribution < 1.29 is 9.84 Å². The van der Waals surface area contributed by atoms with E-state index in [1.165, 1.54) is 18.4 Å². The van der Waals surface area contributed by atoms with Crippen molar-refractivity contribution in [3.05, 3.63) is 114 Å². The fourth-order valence-electron chi connectivity index (χ4n) is 2.99. The maximum atomic E-state index is 9.02. The summed E-state index contributed by atoms with van der Waals surface area (Å²) in [5.41, 5.74) is 3.30. The number of aliphatic hydroxyl groups is 1. The summed E-state index contributed by atoms with van der Waals surface area (Å²) in [7, 11) is 0. The van der Waals surface area contributed by atoms with Gasteiger partial charge >= 0.3 is 6.00 Å². The lowest BCUT2D eigenvalue weighted by atomic mass is 10.1. The molecule has 0 aliphatic carbocycles. The number of rotatable bonds is 4. The van der Waals surface area contributed by atoms with Crippen LogP contribution in [0.2, 0.25) is 0 Å². The number of benzene rings is 3. The highest BCUT2D eigenvalue weighted by Crippen LogP contribution is 2.35. The van der Waals surface area contributed by atoms with Gasteiger partial charge in [-0.05, 0) is 43.4 Å². The van der Waals surface area contributed by atoms with Crippen LogP contribution < -0.4 is 0 Å². The Hall–Kier alpha value is -1.59. The van der Waals surface area contributed by atoms with Crippen LogP contribution in [-0.4, -0.2) is 23.8 Å². The van der Waals surface area contributed by atoms with Crippen molar-refractivity contribution in [3.63, 3.8) is 0 Å². The molecule has 1 fully saturated rings. The quantitative estimate of drug-likeness (QED) is 0.259. The van der Waals surface area contributed by atoms with Crippen LogP contribution in [0.25, 0.3) is 6.08 Å². The first-order valence-corrected chi connectivity index (χ1v) is 16.9. The van der Waals surface area contributed by atoms with Crippen LogP contribution >= 0.6 is 33.2 Å². The number of hydrogen-bond donors (Lipinski definition) is 1. The van der Waals surface area contributed by atoms with Crippen LogP contribution in [0.5, 0.6) is 0 Å². The monoisotopic (exact) mass is 550 g/mol. The van der Waals surface area contributed by atoms with Gasteiger partial charge in [-0.3, -0.25) is 0 Å². The molecular formula is C29H37Cl3O2Si. The number of aliphatic hydroxyl groups excluding tert-OH is 1. The van der Waals surface area contributed by atoms with Gasteiger partial charge in [0, 0.05) is 12.1 Å². The highest BCUT2D eigenvalue weighted by Gasteiger charge is 2.34. The van der Waals surface area contributed by atoms with E-state index in [2.05, 4.69) is 13.5 Å². The molecule has 6 heteroatoms. The molecule has 0 bridgehead atoms. The number of ether oxygens (including phenoxy) is 1. The second kappa shape index (κ2) is 17.8. The molecule has 4 rings (SSSR count). The van der Waals surface area contributed by atoms with Crippen LogP contribution in [0.15, 0.2) is 97.6 Å². The van der Waals surface area contributed by atoms with Crippen LogP contribution in [0, 0.1) is 0 Å². The Labute approximate surface area is 226 Å². The van der Waals surface area contributed by atoms with E-state index in [1.807, 2.05) is 104 Å². The fourth-order valence-corrected chi connectivity index (χ4v) is 4.69. The molecule has 1 aliphatic heterocycles. The molecule has 0 saturated carbocycles. The fraction of sp³-hybridized carbons (Fsp3) is 0.310. The van der Waals surface area contributed by atoms with Crippen LogP contribution in [-0.2, 0) is 4.74 Å². The van der Waals surface area contributed by atoms with E-state index in [-0.39, 0.29) is 11.6 Å². The zero-order chi connectivity index (χ0) is 26.1. The molecule has 1 heterocycles. The van der Waals surface area contributed by atoms with Crippen molar-refractivity contribution in [1.29, 1.82) is 0 Å². The van der Waals surface area contributed by atoms with E-state index >= 15 is 0 Å². The van der Waals surface area contributed by atoms with Gasteiger partial charge in [-0.2, -0.15) is 0 Å². The predicted octanol–water partition coefficient (Wildman–Crippen LogP) is 9.24. The van der Waals surface area contributed by atoms with Gasteiger partial charge in [0.25, 0.3) is 0 Å². The first-order chi connectivity index (χ1) is 16.6. The first-order valence-electron chi connectivity index (χ1n) is 11.8. The third-order valence-corrected chi connectivity index (χ3v) is 9.53. The molecule has 2 nitrogen and oxygen atoms in total. The molecule has 0 radical (unpaired) electrons. The molecule has 1 aliphatic rings. The SMILES string of the molecule is C=Cc1ccccc1.CC(c1ccccc1)[Si](Cl)(Cl)Cl.CC1CCCO1.C[C@H](O)c1ccccc1. The molecule has 0 spiro atoms. The summed E-state index contributed by atoms with van der Waals surface area (Å²) in [6.45, 7) is 10.4. The van der Waals surface area contributed by atoms with Crippen molar-refractivity contribution in [2.75, 3.05) is 6.61 Å². The summed E-state index contributed by atoms with van der Waals surface area (Å²) in [5, 5.41) is 9.02. The Morgan fingerprint density at radius 2 is 1.31 bits per heavy atom. The molecular weight excluding hydrogens is 515 g/mol. The first kappa shape index (κ1) is 31.4. The lowest BCUT2D eigenvalue weighted by molar-refractivity contribution is 0.125. The van der Waals surface area contributed by atoms with Gasteiger partial charge in [-0.1, -0.05) is 111 Å². The third-order valence-electron chi connectivity index (χ3n) is 5.27. The minimum Gasteiger partial charge on any atom is -0.389 e. The molecule has 2 unspecified atom stereocenters. The van der Waals surface area contributed by atoms with E-state index in [9.17, 15) is 0 Å². The normalized spacial score (nSPS) is 16.1. The predicted molar refractivity (Wildman–Crippen MR) is 156 cm³/mol. The zero-order valence-electron chi connectivity index (χ0n) is 20.8. The van der Waals surface area contributed by atoms with Crippen molar-refractivity contribution in [2.24, 2.45) is 0 Å². The Balaban J connectivity index is 0.000000240. The summed E-state index contributed by atoms with van der Waals surface area (Å²) < 4.78 is 5.15. The zero-order valence-corrected chi connectivity index (χ0v) is 24.1. The van der Waals surface area contributed by atoms with Crippen molar-refractivity contribution in [3.8, 4) is 0 Å². The van der Waals surface area contributed by atoms with Gasteiger partial charge < -0.3 is 9.84 Å². The van der Waals surface area contributed by atoms with Gasteiger partial charge in [0.15, 0.2) is 0 Å². The smallest absolute Gasteiger partial charge is 0.348 e. The largest absolute Gasteiger partial charge is 0.389 e. The lowest BCUT2D eigenvalue weighted by Crippen LogP contribution is -2.20. The van der Waals surface area contributed by atoms with Gasteiger partial charge in [0.05, 0.1) is 12.2 Å². The van der Waals surface area contributed by atoms with E-state index in [4.69, 9.17) is 43.1 Å². The molecule has 1 N–H and O–H groups in total. The highest BCUT2D eigenvalue weighted by molar-refractivity contribution is 7.65. The Bertz CT molecular complexity index is 911. The van der Waals surface area contributed by atoms with E-state index in [0.29, 0.717) is 6.10 Å². The molecule has 0 aromatic heterocycles. The van der Waals surface area contributed by atoms with Crippen molar-refractivity contribution in [2.45, 2.75) is 51.4 Å². The molecule has 1 saturated heterocycles.